The smallest absolute Gasteiger partial charge is 0.338 e. The summed E-state index contributed by atoms with van der Waals surface area (Å²) in [5.41, 5.74) is 1.22. The fourth-order valence-corrected chi connectivity index (χ4v) is 1.65. The third-order valence-electron chi connectivity index (χ3n) is 2.47. The molecule has 0 radical (unpaired) electrons. The van der Waals surface area contributed by atoms with E-state index in [1.807, 2.05) is 6.07 Å². The van der Waals surface area contributed by atoms with Crippen molar-refractivity contribution in [2.45, 2.75) is 6.92 Å². The molecule has 0 saturated carbocycles. The van der Waals surface area contributed by atoms with E-state index in [0.717, 1.165) is 5.56 Å². The van der Waals surface area contributed by atoms with E-state index in [0.29, 0.717) is 23.7 Å². The van der Waals surface area contributed by atoms with E-state index in [1.54, 1.807) is 37.3 Å². The largest absolute Gasteiger partial charge is 0.462 e. The molecule has 2 rings (SSSR count). The molecular formula is C14H13NO4. The van der Waals surface area contributed by atoms with Crippen LogP contribution in [0.3, 0.4) is 0 Å². The van der Waals surface area contributed by atoms with Crippen LogP contribution in [0.25, 0.3) is 11.3 Å². The minimum atomic E-state index is -0.368. The maximum absolute atomic E-state index is 11.6. The van der Waals surface area contributed by atoms with Crippen LogP contribution < -0.4 is 0 Å². The summed E-state index contributed by atoms with van der Waals surface area (Å²) >= 11 is 0. The minimum absolute atomic E-state index is 0.334. The van der Waals surface area contributed by atoms with Crippen LogP contribution in [0, 0.1) is 0 Å². The lowest BCUT2D eigenvalue weighted by atomic mass is 10.1. The SMILES string of the molecule is CCOC(=O)c1cccc(-c2ccc(C=NO)o2)c1. The van der Waals surface area contributed by atoms with Gasteiger partial charge in [-0.2, -0.15) is 0 Å². The van der Waals surface area contributed by atoms with Crippen molar-refractivity contribution in [3.05, 3.63) is 47.7 Å². The molecule has 98 valence electrons. The number of hydrogen-bond acceptors (Lipinski definition) is 5. The predicted octanol–water partition coefficient (Wildman–Crippen LogP) is 2.93. The zero-order valence-electron chi connectivity index (χ0n) is 10.4. The first-order chi connectivity index (χ1) is 9.24. The number of carbonyl (C=O) groups is 1. The molecule has 5 nitrogen and oxygen atoms in total. The van der Waals surface area contributed by atoms with Gasteiger partial charge in [-0.25, -0.2) is 4.79 Å². The fourth-order valence-electron chi connectivity index (χ4n) is 1.65. The Bertz CT molecular complexity index is 601. The second-order valence-corrected chi connectivity index (χ2v) is 3.75. The monoisotopic (exact) mass is 259 g/mol. The number of benzene rings is 1. The van der Waals surface area contributed by atoms with Crippen molar-refractivity contribution in [3.63, 3.8) is 0 Å². The van der Waals surface area contributed by atoms with Crippen LogP contribution in [0.4, 0.5) is 0 Å². The summed E-state index contributed by atoms with van der Waals surface area (Å²) < 4.78 is 10.4. The average molecular weight is 259 g/mol. The molecule has 19 heavy (non-hydrogen) atoms. The number of furan rings is 1. The van der Waals surface area contributed by atoms with Gasteiger partial charge in [-0.3, -0.25) is 0 Å². The van der Waals surface area contributed by atoms with E-state index in [4.69, 9.17) is 14.4 Å². The Labute approximate surface area is 110 Å². The topological polar surface area (TPSA) is 72.0 Å². The van der Waals surface area contributed by atoms with Gasteiger partial charge in [0.25, 0.3) is 0 Å². The van der Waals surface area contributed by atoms with Crippen LogP contribution in [-0.2, 0) is 4.74 Å². The predicted molar refractivity (Wildman–Crippen MR) is 69.5 cm³/mol. The van der Waals surface area contributed by atoms with Crippen LogP contribution in [0.2, 0.25) is 0 Å². The van der Waals surface area contributed by atoms with Crippen molar-refractivity contribution >= 4 is 12.2 Å². The molecule has 1 heterocycles. The quantitative estimate of drug-likeness (QED) is 0.396. The highest BCUT2D eigenvalue weighted by atomic mass is 16.5. The Kier molecular flexibility index (Phi) is 3.97. The molecule has 5 heteroatoms. The number of ether oxygens (including phenoxy) is 1. The lowest BCUT2D eigenvalue weighted by molar-refractivity contribution is 0.0526. The summed E-state index contributed by atoms with van der Waals surface area (Å²) in [4.78, 5) is 11.6. The molecular weight excluding hydrogens is 246 g/mol. The standard InChI is InChI=1S/C14H13NO4/c1-2-18-14(16)11-5-3-4-10(8-11)13-7-6-12(19-13)9-15-17/h3-9,17H,2H2,1H3. The second kappa shape index (κ2) is 5.86. The van der Waals surface area contributed by atoms with E-state index >= 15 is 0 Å². The van der Waals surface area contributed by atoms with Crippen molar-refractivity contribution in [1.82, 2.24) is 0 Å². The number of oxime groups is 1. The Morgan fingerprint density at radius 2 is 2.26 bits per heavy atom. The van der Waals surface area contributed by atoms with Crippen LogP contribution in [-0.4, -0.2) is 24.0 Å². The summed E-state index contributed by atoms with van der Waals surface area (Å²) in [6.45, 7) is 2.09. The van der Waals surface area contributed by atoms with E-state index < -0.39 is 0 Å². The number of nitrogens with zero attached hydrogens (tertiary/aromatic N) is 1. The second-order valence-electron chi connectivity index (χ2n) is 3.75. The van der Waals surface area contributed by atoms with Crippen molar-refractivity contribution in [2.24, 2.45) is 5.16 Å². The zero-order chi connectivity index (χ0) is 13.7. The molecule has 0 aliphatic rings. The highest BCUT2D eigenvalue weighted by Crippen LogP contribution is 2.22. The van der Waals surface area contributed by atoms with E-state index in [9.17, 15) is 4.79 Å². The molecule has 0 atom stereocenters. The third-order valence-corrected chi connectivity index (χ3v) is 2.47. The van der Waals surface area contributed by atoms with Crippen molar-refractivity contribution in [3.8, 4) is 11.3 Å². The molecule has 0 unspecified atom stereocenters. The van der Waals surface area contributed by atoms with Gasteiger partial charge < -0.3 is 14.4 Å². The van der Waals surface area contributed by atoms with E-state index in [1.165, 1.54) is 6.21 Å². The molecule has 0 spiro atoms. The van der Waals surface area contributed by atoms with E-state index in [2.05, 4.69) is 5.16 Å². The molecule has 0 amide bonds. The van der Waals surface area contributed by atoms with Crippen molar-refractivity contribution in [2.75, 3.05) is 6.61 Å². The van der Waals surface area contributed by atoms with Gasteiger partial charge in [0.1, 0.15) is 17.7 Å². The van der Waals surface area contributed by atoms with Gasteiger partial charge in [0.2, 0.25) is 0 Å². The average Bonchev–Trinajstić information content (AvgIpc) is 2.88. The summed E-state index contributed by atoms with van der Waals surface area (Å²) in [5, 5.41) is 11.3. The van der Waals surface area contributed by atoms with Crippen LogP contribution >= 0.6 is 0 Å². The molecule has 0 fully saturated rings. The van der Waals surface area contributed by atoms with Gasteiger partial charge in [0.15, 0.2) is 0 Å². The van der Waals surface area contributed by atoms with Gasteiger partial charge in [-0.15, -0.1) is 0 Å². The molecule has 0 aliphatic carbocycles. The lowest BCUT2D eigenvalue weighted by Crippen LogP contribution is -2.04. The van der Waals surface area contributed by atoms with Gasteiger partial charge in [-0.05, 0) is 31.2 Å². The number of carbonyl (C=O) groups excluding carboxylic acids is 1. The van der Waals surface area contributed by atoms with Crippen molar-refractivity contribution < 1.29 is 19.2 Å². The Hall–Kier alpha value is -2.56. The number of hydrogen-bond donors (Lipinski definition) is 1. The molecule has 0 bridgehead atoms. The number of esters is 1. The Morgan fingerprint density at radius 1 is 1.42 bits per heavy atom. The first-order valence-corrected chi connectivity index (χ1v) is 5.79. The third kappa shape index (κ3) is 3.01. The molecule has 1 aromatic carbocycles. The summed E-state index contributed by atoms with van der Waals surface area (Å²) in [5.74, 6) is 0.646. The highest BCUT2D eigenvalue weighted by Gasteiger charge is 2.09. The van der Waals surface area contributed by atoms with Gasteiger partial charge >= 0.3 is 5.97 Å². The maximum atomic E-state index is 11.6. The first-order valence-electron chi connectivity index (χ1n) is 5.79. The normalized spacial score (nSPS) is 10.8. The molecule has 1 N–H and O–H groups in total. The van der Waals surface area contributed by atoms with Crippen LogP contribution in [0.5, 0.6) is 0 Å². The van der Waals surface area contributed by atoms with Gasteiger partial charge in [0.05, 0.1) is 12.2 Å². The first kappa shape index (κ1) is 12.9. The van der Waals surface area contributed by atoms with Crippen molar-refractivity contribution in [1.29, 1.82) is 0 Å². The summed E-state index contributed by atoms with van der Waals surface area (Å²) in [7, 11) is 0. The van der Waals surface area contributed by atoms with Crippen LogP contribution in [0.15, 0.2) is 46.0 Å². The molecule has 0 aliphatic heterocycles. The molecule has 2 aromatic rings. The fraction of sp³-hybridized carbons (Fsp3) is 0.143. The summed E-state index contributed by atoms with van der Waals surface area (Å²) in [6, 6.07) is 10.4. The Morgan fingerprint density at radius 3 is 3.00 bits per heavy atom. The highest BCUT2D eigenvalue weighted by molar-refractivity contribution is 5.90. The van der Waals surface area contributed by atoms with E-state index in [-0.39, 0.29) is 5.97 Å². The minimum Gasteiger partial charge on any atom is -0.462 e. The van der Waals surface area contributed by atoms with Gasteiger partial charge in [-0.1, -0.05) is 17.3 Å². The lowest BCUT2D eigenvalue weighted by Gasteiger charge is -2.03. The van der Waals surface area contributed by atoms with Crippen LogP contribution in [0.1, 0.15) is 23.0 Å². The Balaban J connectivity index is 2.29. The molecule has 1 aromatic heterocycles. The van der Waals surface area contributed by atoms with Gasteiger partial charge in [0, 0.05) is 5.56 Å². The maximum Gasteiger partial charge on any atom is 0.338 e. The molecule has 0 saturated heterocycles. The number of rotatable bonds is 4. The summed E-state index contributed by atoms with van der Waals surface area (Å²) in [6.07, 6.45) is 1.19. The zero-order valence-corrected chi connectivity index (χ0v) is 10.4.